The Hall–Kier alpha value is -3.10. The maximum Gasteiger partial charge on any atom is 0.410 e. The largest absolute Gasteiger partial charge is 0.468 e. The molecule has 0 saturated carbocycles. The number of nitrogens with one attached hydrogen (secondary N) is 2. The topological polar surface area (TPSA) is 114 Å². The van der Waals surface area contributed by atoms with Crippen LogP contribution in [0.1, 0.15) is 23.2 Å². The first-order valence-corrected chi connectivity index (χ1v) is 8.06. The van der Waals surface area contributed by atoms with E-state index in [1.54, 1.807) is 12.1 Å². The van der Waals surface area contributed by atoms with E-state index in [1.807, 2.05) is 0 Å². The van der Waals surface area contributed by atoms with Gasteiger partial charge < -0.3 is 20.1 Å². The summed E-state index contributed by atoms with van der Waals surface area (Å²) in [5.41, 5.74) is 0.834. The van der Waals surface area contributed by atoms with Crippen LogP contribution in [0.15, 0.2) is 24.3 Å². The molecular weight excluding hydrogens is 342 g/mol. The van der Waals surface area contributed by atoms with Crippen molar-refractivity contribution in [3.63, 3.8) is 0 Å². The molecule has 1 atom stereocenters. The minimum absolute atomic E-state index is 0.223. The molecule has 0 aliphatic carbocycles. The lowest BCUT2D eigenvalue weighted by atomic mass is 10.1. The first-order chi connectivity index (χ1) is 12.5. The van der Waals surface area contributed by atoms with Crippen LogP contribution in [0.2, 0.25) is 0 Å². The van der Waals surface area contributed by atoms with Gasteiger partial charge in [-0.3, -0.25) is 19.3 Å². The maximum absolute atomic E-state index is 12.4. The van der Waals surface area contributed by atoms with Crippen LogP contribution in [0.3, 0.4) is 0 Å². The molecule has 26 heavy (non-hydrogen) atoms. The minimum Gasteiger partial charge on any atom is -0.468 e. The monoisotopic (exact) mass is 363 g/mol. The quantitative estimate of drug-likeness (QED) is 0.747. The highest BCUT2D eigenvalue weighted by Gasteiger charge is 2.34. The molecule has 1 saturated heterocycles. The van der Waals surface area contributed by atoms with E-state index in [-0.39, 0.29) is 12.5 Å². The van der Waals surface area contributed by atoms with Crippen molar-refractivity contribution in [3.05, 3.63) is 29.8 Å². The third-order valence-electron chi connectivity index (χ3n) is 4.00. The Morgan fingerprint density at radius 3 is 2.42 bits per heavy atom. The van der Waals surface area contributed by atoms with Gasteiger partial charge in [-0.15, -0.1) is 0 Å². The van der Waals surface area contributed by atoms with Crippen LogP contribution in [-0.4, -0.2) is 62.1 Å². The van der Waals surface area contributed by atoms with E-state index in [0.29, 0.717) is 24.2 Å². The molecule has 1 heterocycles. The molecule has 1 aliphatic heterocycles. The Morgan fingerprint density at radius 2 is 1.81 bits per heavy atom. The molecule has 1 unspecified atom stereocenters. The van der Waals surface area contributed by atoms with Crippen LogP contribution in [0, 0.1) is 0 Å². The molecule has 1 aromatic rings. The van der Waals surface area contributed by atoms with Gasteiger partial charge in [-0.05, 0) is 37.1 Å². The summed E-state index contributed by atoms with van der Waals surface area (Å²) in [6.07, 6.45) is 0.766. The van der Waals surface area contributed by atoms with Crippen molar-refractivity contribution in [1.82, 2.24) is 10.2 Å². The minimum atomic E-state index is -0.578. The van der Waals surface area contributed by atoms with Gasteiger partial charge in [0.2, 0.25) is 5.91 Å². The van der Waals surface area contributed by atoms with E-state index >= 15 is 0 Å². The summed E-state index contributed by atoms with van der Waals surface area (Å²) in [4.78, 5) is 48.4. The second-order valence-corrected chi connectivity index (χ2v) is 5.65. The third-order valence-corrected chi connectivity index (χ3v) is 4.00. The van der Waals surface area contributed by atoms with Crippen molar-refractivity contribution in [2.45, 2.75) is 18.9 Å². The lowest BCUT2D eigenvalue weighted by Gasteiger charge is -2.22. The number of benzene rings is 1. The van der Waals surface area contributed by atoms with Crippen molar-refractivity contribution in [2.24, 2.45) is 0 Å². The van der Waals surface area contributed by atoms with Gasteiger partial charge in [-0.2, -0.15) is 0 Å². The molecule has 2 rings (SSSR count). The molecule has 0 aromatic heterocycles. The van der Waals surface area contributed by atoms with Gasteiger partial charge >= 0.3 is 12.1 Å². The van der Waals surface area contributed by atoms with E-state index < -0.39 is 24.0 Å². The molecule has 9 heteroatoms. The summed E-state index contributed by atoms with van der Waals surface area (Å²) < 4.78 is 9.13. The predicted octanol–water partition coefficient (Wildman–Crippen LogP) is 0.759. The van der Waals surface area contributed by atoms with E-state index in [4.69, 9.17) is 0 Å². The van der Waals surface area contributed by atoms with Crippen LogP contribution in [0.4, 0.5) is 10.5 Å². The number of esters is 1. The fourth-order valence-electron chi connectivity index (χ4n) is 2.63. The maximum atomic E-state index is 12.4. The first-order valence-electron chi connectivity index (χ1n) is 8.06. The molecule has 0 spiro atoms. The molecule has 140 valence electrons. The highest BCUT2D eigenvalue weighted by atomic mass is 16.5. The summed E-state index contributed by atoms with van der Waals surface area (Å²) in [7, 11) is 2.51. The second-order valence-electron chi connectivity index (χ2n) is 5.65. The number of nitrogens with zero attached hydrogens (tertiary/aromatic N) is 1. The van der Waals surface area contributed by atoms with Gasteiger partial charge in [-0.25, -0.2) is 4.79 Å². The summed E-state index contributed by atoms with van der Waals surface area (Å²) in [6.45, 7) is 0.253. The van der Waals surface area contributed by atoms with Crippen LogP contribution < -0.4 is 10.6 Å². The molecule has 0 radical (unpaired) electrons. The van der Waals surface area contributed by atoms with Crippen LogP contribution in [-0.2, 0) is 19.1 Å². The molecule has 3 amide bonds. The average molecular weight is 363 g/mol. The zero-order chi connectivity index (χ0) is 19.1. The van der Waals surface area contributed by atoms with E-state index in [1.165, 1.54) is 31.3 Å². The van der Waals surface area contributed by atoms with Crippen molar-refractivity contribution in [2.75, 3.05) is 32.6 Å². The Bertz CT molecular complexity index is 688. The second kappa shape index (κ2) is 8.84. The zero-order valence-electron chi connectivity index (χ0n) is 14.6. The fourth-order valence-corrected chi connectivity index (χ4v) is 2.63. The van der Waals surface area contributed by atoms with Crippen LogP contribution >= 0.6 is 0 Å². The summed E-state index contributed by atoms with van der Waals surface area (Å²) in [5.74, 6) is -1.29. The third kappa shape index (κ3) is 4.71. The lowest BCUT2D eigenvalue weighted by molar-refractivity contribution is -0.139. The average Bonchev–Trinajstić information content (AvgIpc) is 3.15. The number of carbonyl (C=O) groups excluding carboxylic acids is 4. The molecule has 9 nitrogen and oxygen atoms in total. The zero-order valence-corrected chi connectivity index (χ0v) is 14.6. The number of hydrogen-bond acceptors (Lipinski definition) is 6. The fraction of sp³-hybridized carbons (Fsp3) is 0.412. The van der Waals surface area contributed by atoms with Crippen molar-refractivity contribution >= 4 is 29.6 Å². The lowest BCUT2D eigenvalue weighted by Crippen LogP contribution is -2.43. The van der Waals surface area contributed by atoms with Crippen molar-refractivity contribution < 1.29 is 28.7 Å². The molecule has 1 fully saturated rings. The SMILES string of the molecule is COC(=O)CNC(=O)c1ccc(NC(=O)C2CCCN2C(=O)OC)cc1. The number of methoxy groups -OCH3 is 2. The van der Waals surface area contributed by atoms with E-state index in [0.717, 1.165) is 6.42 Å². The van der Waals surface area contributed by atoms with Gasteiger partial charge in [0.05, 0.1) is 14.2 Å². The van der Waals surface area contributed by atoms with Crippen LogP contribution in [0.25, 0.3) is 0 Å². The summed E-state index contributed by atoms with van der Waals surface area (Å²) in [6, 6.07) is 5.61. The van der Waals surface area contributed by atoms with Crippen molar-refractivity contribution in [3.8, 4) is 0 Å². The highest BCUT2D eigenvalue weighted by Crippen LogP contribution is 2.20. The number of rotatable bonds is 5. The molecule has 0 bridgehead atoms. The standard InChI is InChI=1S/C17H21N3O6/c1-25-14(21)10-18-15(22)11-5-7-12(8-6-11)19-16(23)13-4-3-9-20(13)17(24)26-2/h5-8,13H,3-4,9-10H2,1-2H3,(H,18,22)(H,19,23). The number of likely N-dealkylation sites (tertiary alicyclic amines) is 1. The first kappa shape index (κ1) is 19.2. The number of hydrogen-bond donors (Lipinski definition) is 2. The summed E-state index contributed by atoms with van der Waals surface area (Å²) in [5, 5.41) is 5.14. The van der Waals surface area contributed by atoms with Gasteiger partial charge in [-0.1, -0.05) is 0 Å². The normalized spacial score (nSPS) is 15.9. The van der Waals surface area contributed by atoms with Gasteiger partial charge in [0.15, 0.2) is 0 Å². The Balaban J connectivity index is 1.94. The highest BCUT2D eigenvalue weighted by molar-refractivity contribution is 5.98. The number of anilines is 1. The summed E-state index contributed by atoms with van der Waals surface area (Å²) >= 11 is 0. The Morgan fingerprint density at radius 1 is 1.12 bits per heavy atom. The van der Waals surface area contributed by atoms with Crippen LogP contribution in [0.5, 0.6) is 0 Å². The number of amides is 3. The number of ether oxygens (including phenoxy) is 2. The van der Waals surface area contributed by atoms with Gasteiger partial charge in [0.1, 0.15) is 12.6 Å². The molecule has 1 aliphatic rings. The molecule has 2 N–H and O–H groups in total. The molecular formula is C17H21N3O6. The predicted molar refractivity (Wildman–Crippen MR) is 91.6 cm³/mol. The van der Waals surface area contributed by atoms with E-state index in [2.05, 4.69) is 20.1 Å². The van der Waals surface area contributed by atoms with Gasteiger partial charge in [0.25, 0.3) is 5.91 Å². The smallest absolute Gasteiger partial charge is 0.410 e. The van der Waals surface area contributed by atoms with E-state index in [9.17, 15) is 19.2 Å². The van der Waals surface area contributed by atoms with Gasteiger partial charge in [0, 0.05) is 17.8 Å². The Labute approximate surface area is 150 Å². The number of carbonyl (C=O) groups is 4. The molecule has 1 aromatic carbocycles. The Kier molecular flexibility index (Phi) is 6.54. The van der Waals surface area contributed by atoms with Crippen molar-refractivity contribution in [1.29, 1.82) is 0 Å².